The molecule has 0 saturated carbocycles. The third-order valence-electron chi connectivity index (χ3n) is 5.33. The molecule has 154 valence electrons. The molecule has 1 atom stereocenters. The summed E-state index contributed by atoms with van der Waals surface area (Å²) in [5.74, 6) is -1.06. The fourth-order valence-electron chi connectivity index (χ4n) is 3.54. The number of halogens is 1. The smallest absolute Gasteiger partial charge is 0.325 e. The summed E-state index contributed by atoms with van der Waals surface area (Å²) in [5.41, 5.74) is 4.48. The Labute approximate surface area is 165 Å². The van der Waals surface area contributed by atoms with Crippen molar-refractivity contribution in [2.75, 3.05) is 32.7 Å². The van der Waals surface area contributed by atoms with Crippen LogP contribution in [-0.4, -0.2) is 71.8 Å². The Morgan fingerprint density at radius 2 is 1.96 bits per heavy atom. The van der Waals surface area contributed by atoms with Crippen LogP contribution in [0.1, 0.15) is 39.5 Å². The number of likely N-dealkylation sites (tertiary alicyclic amines) is 1. The van der Waals surface area contributed by atoms with Gasteiger partial charge in [0.25, 0.3) is 5.91 Å². The zero-order chi connectivity index (χ0) is 19.3. The molecule has 0 bridgehead atoms. The van der Waals surface area contributed by atoms with Crippen molar-refractivity contribution in [1.29, 1.82) is 0 Å². The highest BCUT2D eigenvalue weighted by molar-refractivity contribution is 6.09. The van der Waals surface area contributed by atoms with Crippen molar-refractivity contribution in [3.05, 3.63) is 0 Å². The van der Waals surface area contributed by atoms with Crippen molar-refractivity contribution in [3.8, 4) is 0 Å². The summed E-state index contributed by atoms with van der Waals surface area (Å²) in [5, 5.41) is 5.46. The second kappa shape index (κ2) is 9.89. The monoisotopic (exact) mass is 403 g/mol. The predicted octanol–water partition coefficient (Wildman–Crippen LogP) is -0.168. The highest BCUT2D eigenvalue weighted by Gasteiger charge is 2.49. The molecule has 2 fully saturated rings. The molecule has 1 unspecified atom stereocenters. The van der Waals surface area contributed by atoms with Crippen LogP contribution in [0.4, 0.5) is 4.79 Å². The molecule has 0 radical (unpaired) electrons. The summed E-state index contributed by atoms with van der Waals surface area (Å²) in [4.78, 5) is 52.1. The molecule has 5 amide bonds. The maximum Gasteiger partial charge on any atom is 0.325 e. The zero-order valence-electron chi connectivity index (χ0n) is 16.0. The second-order valence-corrected chi connectivity index (χ2v) is 6.87. The van der Waals surface area contributed by atoms with Gasteiger partial charge < -0.3 is 21.3 Å². The number of imide groups is 1. The number of carbonyl (C=O) groups is 4. The van der Waals surface area contributed by atoms with Crippen LogP contribution in [0.3, 0.4) is 0 Å². The number of piperidine rings is 1. The number of hydrogen-bond donors (Lipinski definition) is 3. The minimum atomic E-state index is -0.913. The third kappa shape index (κ3) is 4.90. The van der Waals surface area contributed by atoms with Crippen molar-refractivity contribution < 1.29 is 19.2 Å². The highest BCUT2D eigenvalue weighted by atomic mass is 35.5. The van der Waals surface area contributed by atoms with Gasteiger partial charge in [-0.15, -0.1) is 12.4 Å². The van der Waals surface area contributed by atoms with E-state index in [-0.39, 0.29) is 42.6 Å². The lowest BCUT2D eigenvalue weighted by molar-refractivity contribution is -0.141. The summed E-state index contributed by atoms with van der Waals surface area (Å²) in [6.45, 7) is 4.97. The Morgan fingerprint density at radius 3 is 2.52 bits per heavy atom. The maximum absolute atomic E-state index is 12.6. The number of urea groups is 1. The Bertz CT molecular complexity index is 582. The first-order chi connectivity index (χ1) is 12.4. The molecule has 2 aliphatic rings. The summed E-state index contributed by atoms with van der Waals surface area (Å²) in [6, 6.07) is -0.527. The lowest BCUT2D eigenvalue weighted by atomic mass is 9.93. The van der Waals surface area contributed by atoms with Gasteiger partial charge in [-0.05, 0) is 25.7 Å². The van der Waals surface area contributed by atoms with Crippen LogP contribution >= 0.6 is 12.4 Å². The molecular weight excluding hydrogens is 374 g/mol. The van der Waals surface area contributed by atoms with Gasteiger partial charge in [0.05, 0.1) is 5.92 Å². The Morgan fingerprint density at radius 1 is 1.30 bits per heavy atom. The quantitative estimate of drug-likeness (QED) is 0.509. The topological polar surface area (TPSA) is 125 Å². The normalized spacial score (nSPS) is 21.5. The van der Waals surface area contributed by atoms with Crippen LogP contribution in [0.5, 0.6) is 0 Å². The first-order valence-corrected chi connectivity index (χ1v) is 9.28. The van der Waals surface area contributed by atoms with Crippen LogP contribution in [0.2, 0.25) is 0 Å². The van der Waals surface area contributed by atoms with Crippen molar-refractivity contribution >= 4 is 36.2 Å². The van der Waals surface area contributed by atoms with Crippen molar-refractivity contribution in [3.63, 3.8) is 0 Å². The zero-order valence-corrected chi connectivity index (χ0v) is 16.8. The van der Waals surface area contributed by atoms with E-state index >= 15 is 0 Å². The number of carbonyl (C=O) groups excluding carboxylic acids is 4. The SMILES string of the molecule is CCC1(CC)NC(=O)N(CC(=O)N2CCCC(C(=O)NCCN)C2)C1=O.Cl. The number of rotatable bonds is 7. The van der Waals surface area contributed by atoms with E-state index in [4.69, 9.17) is 5.73 Å². The van der Waals surface area contributed by atoms with E-state index in [1.807, 2.05) is 13.8 Å². The van der Waals surface area contributed by atoms with Gasteiger partial charge in [-0.3, -0.25) is 19.3 Å². The summed E-state index contributed by atoms with van der Waals surface area (Å²) >= 11 is 0. The molecule has 0 aromatic heterocycles. The van der Waals surface area contributed by atoms with Crippen LogP contribution in [0, 0.1) is 5.92 Å². The highest BCUT2D eigenvalue weighted by Crippen LogP contribution is 2.25. The maximum atomic E-state index is 12.6. The molecule has 0 spiro atoms. The lowest BCUT2D eigenvalue weighted by Gasteiger charge is -2.33. The molecular formula is C17H30ClN5O4. The van der Waals surface area contributed by atoms with E-state index in [2.05, 4.69) is 10.6 Å². The van der Waals surface area contributed by atoms with E-state index in [0.717, 1.165) is 4.90 Å². The minimum Gasteiger partial charge on any atom is -0.355 e. The Kier molecular flexibility index (Phi) is 8.49. The van der Waals surface area contributed by atoms with E-state index in [1.54, 1.807) is 4.90 Å². The van der Waals surface area contributed by atoms with E-state index in [0.29, 0.717) is 51.9 Å². The van der Waals surface area contributed by atoms with Crippen molar-refractivity contribution in [2.45, 2.75) is 45.1 Å². The van der Waals surface area contributed by atoms with Gasteiger partial charge in [0.15, 0.2) is 0 Å². The summed E-state index contributed by atoms with van der Waals surface area (Å²) in [7, 11) is 0. The van der Waals surface area contributed by atoms with Crippen LogP contribution in [0.15, 0.2) is 0 Å². The molecule has 10 heteroatoms. The number of nitrogens with two attached hydrogens (primary N) is 1. The standard InChI is InChI=1S/C17H29N5O4.ClH/c1-3-17(4-2)15(25)22(16(26)20-17)11-13(23)21-9-5-6-12(10-21)14(24)19-8-7-18;/h12H,3-11,18H2,1-2H3,(H,19,24)(H,20,26);1H. The predicted molar refractivity (Wildman–Crippen MR) is 102 cm³/mol. The van der Waals surface area contributed by atoms with Gasteiger partial charge in [-0.1, -0.05) is 13.8 Å². The fourth-order valence-corrected chi connectivity index (χ4v) is 3.54. The van der Waals surface area contributed by atoms with Gasteiger partial charge >= 0.3 is 6.03 Å². The third-order valence-corrected chi connectivity index (χ3v) is 5.33. The fraction of sp³-hybridized carbons (Fsp3) is 0.765. The molecule has 2 heterocycles. The average molecular weight is 404 g/mol. The van der Waals surface area contributed by atoms with Crippen molar-refractivity contribution in [1.82, 2.24) is 20.4 Å². The molecule has 0 aromatic rings. The Hall–Kier alpha value is -1.87. The lowest BCUT2D eigenvalue weighted by Crippen LogP contribution is -2.50. The first kappa shape index (κ1) is 23.2. The molecule has 4 N–H and O–H groups in total. The summed E-state index contributed by atoms with van der Waals surface area (Å²) in [6.07, 6.45) is 2.37. The number of amides is 5. The Balaban J connectivity index is 0.00000364. The molecule has 27 heavy (non-hydrogen) atoms. The second-order valence-electron chi connectivity index (χ2n) is 6.87. The van der Waals surface area contributed by atoms with Crippen molar-refractivity contribution in [2.24, 2.45) is 11.7 Å². The first-order valence-electron chi connectivity index (χ1n) is 9.28. The average Bonchev–Trinajstić information content (AvgIpc) is 2.90. The van der Waals surface area contributed by atoms with Gasteiger partial charge in [0, 0.05) is 26.2 Å². The molecule has 2 rings (SSSR count). The van der Waals surface area contributed by atoms with Crippen LogP contribution in [0.25, 0.3) is 0 Å². The largest absolute Gasteiger partial charge is 0.355 e. The van der Waals surface area contributed by atoms with E-state index in [1.165, 1.54) is 0 Å². The number of nitrogens with zero attached hydrogens (tertiary/aromatic N) is 2. The van der Waals surface area contributed by atoms with Gasteiger partial charge in [-0.25, -0.2) is 4.79 Å². The number of hydrogen-bond acceptors (Lipinski definition) is 5. The van der Waals surface area contributed by atoms with Crippen LogP contribution in [-0.2, 0) is 14.4 Å². The van der Waals surface area contributed by atoms with Gasteiger partial charge in [0.2, 0.25) is 11.8 Å². The molecule has 9 nitrogen and oxygen atoms in total. The van der Waals surface area contributed by atoms with E-state index < -0.39 is 11.6 Å². The molecule has 2 saturated heterocycles. The molecule has 0 aromatic carbocycles. The van der Waals surface area contributed by atoms with Gasteiger partial charge in [-0.2, -0.15) is 0 Å². The molecule has 0 aliphatic carbocycles. The van der Waals surface area contributed by atoms with Gasteiger partial charge in [0.1, 0.15) is 12.1 Å². The minimum absolute atomic E-state index is 0. The molecule has 2 aliphatic heterocycles. The van der Waals surface area contributed by atoms with E-state index in [9.17, 15) is 19.2 Å². The van der Waals surface area contributed by atoms with Crippen LogP contribution < -0.4 is 16.4 Å². The number of nitrogens with one attached hydrogen (secondary N) is 2. The summed E-state index contributed by atoms with van der Waals surface area (Å²) < 4.78 is 0.